The van der Waals surface area contributed by atoms with Crippen LogP contribution in [0.4, 0.5) is 4.79 Å². The van der Waals surface area contributed by atoms with Gasteiger partial charge in [-0.25, -0.2) is 4.79 Å². The van der Waals surface area contributed by atoms with Crippen LogP contribution in [0.3, 0.4) is 0 Å². The monoisotopic (exact) mass is 186 g/mol. The van der Waals surface area contributed by atoms with Gasteiger partial charge in [0.1, 0.15) is 6.54 Å². The first kappa shape index (κ1) is 9.98. The molecule has 1 aliphatic heterocycles. The van der Waals surface area contributed by atoms with Crippen LogP contribution in [0, 0.1) is 0 Å². The van der Waals surface area contributed by atoms with Crippen LogP contribution in [-0.2, 0) is 9.53 Å². The number of hydrogen-bond donors (Lipinski definition) is 1. The second kappa shape index (κ2) is 4.23. The number of rotatable bonds is 4. The molecule has 0 unspecified atom stereocenters. The largest absolute Gasteiger partial charge is 0.377 e. The van der Waals surface area contributed by atoms with Gasteiger partial charge in [0.05, 0.1) is 12.7 Å². The smallest absolute Gasteiger partial charge is 0.324 e. The number of nitrogens with zero attached hydrogens (tertiary/aromatic N) is 1. The zero-order valence-corrected chi connectivity index (χ0v) is 7.87. The molecule has 0 aliphatic carbocycles. The summed E-state index contributed by atoms with van der Waals surface area (Å²) in [4.78, 5) is 23.2. The minimum Gasteiger partial charge on any atom is -0.377 e. The molecule has 1 fully saturated rings. The number of urea groups is 1. The van der Waals surface area contributed by atoms with Gasteiger partial charge in [-0.2, -0.15) is 0 Å². The maximum absolute atomic E-state index is 11.0. The van der Waals surface area contributed by atoms with Crippen LogP contribution >= 0.6 is 0 Å². The summed E-state index contributed by atoms with van der Waals surface area (Å²) < 4.78 is 5.25. The lowest BCUT2D eigenvalue weighted by molar-refractivity contribution is -0.118. The minimum absolute atomic E-state index is 0.153. The predicted molar refractivity (Wildman–Crippen MR) is 46.2 cm³/mol. The molecule has 0 radical (unpaired) electrons. The van der Waals surface area contributed by atoms with Crippen LogP contribution in [0.2, 0.25) is 0 Å². The second-order valence-electron chi connectivity index (χ2n) is 3.19. The Hall–Kier alpha value is -1.10. The minimum atomic E-state index is -0.322. The molecule has 0 saturated carbocycles. The Morgan fingerprint density at radius 3 is 2.69 bits per heavy atom. The van der Waals surface area contributed by atoms with E-state index in [2.05, 4.69) is 5.32 Å². The zero-order chi connectivity index (χ0) is 9.84. The summed E-state index contributed by atoms with van der Waals surface area (Å²) >= 11 is 0. The molecule has 5 nitrogen and oxygen atoms in total. The number of amides is 3. The molecule has 0 bridgehead atoms. The highest BCUT2D eigenvalue weighted by Gasteiger charge is 2.25. The first-order valence-corrected chi connectivity index (χ1v) is 4.30. The van der Waals surface area contributed by atoms with Crippen LogP contribution in [0.15, 0.2) is 0 Å². The molecule has 13 heavy (non-hydrogen) atoms. The van der Waals surface area contributed by atoms with Gasteiger partial charge in [-0.3, -0.25) is 10.1 Å². The van der Waals surface area contributed by atoms with Gasteiger partial charge < -0.3 is 9.64 Å². The molecular weight excluding hydrogens is 172 g/mol. The Morgan fingerprint density at radius 2 is 2.23 bits per heavy atom. The van der Waals surface area contributed by atoms with Crippen LogP contribution in [0.5, 0.6) is 0 Å². The molecular formula is C8H14N2O3. The van der Waals surface area contributed by atoms with Gasteiger partial charge in [-0.1, -0.05) is 0 Å². The molecule has 1 aliphatic rings. The summed E-state index contributed by atoms with van der Waals surface area (Å²) in [5.74, 6) is -0.241. The molecule has 0 spiro atoms. The number of carbonyl (C=O) groups is 2. The molecule has 5 heteroatoms. The van der Waals surface area contributed by atoms with Gasteiger partial charge in [0, 0.05) is 6.54 Å². The SMILES string of the molecule is CC(C)OCCN1CC(=O)NC1=O. The Bertz CT molecular complexity index is 215. The Morgan fingerprint density at radius 1 is 1.54 bits per heavy atom. The molecule has 1 saturated heterocycles. The fourth-order valence-electron chi connectivity index (χ4n) is 1.06. The lowest BCUT2D eigenvalue weighted by Gasteiger charge is -2.14. The van der Waals surface area contributed by atoms with E-state index in [0.717, 1.165) is 0 Å². The summed E-state index contributed by atoms with van der Waals surface area (Å²) in [5, 5.41) is 2.20. The quantitative estimate of drug-likeness (QED) is 0.627. The zero-order valence-electron chi connectivity index (χ0n) is 7.87. The van der Waals surface area contributed by atoms with E-state index in [0.29, 0.717) is 13.2 Å². The lowest BCUT2D eigenvalue weighted by Crippen LogP contribution is -2.31. The first-order valence-electron chi connectivity index (χ1n) is 4.30. The third-order valence-electron chi connectivity index (χ3n) is 1.68. The molecule has 0 aromatic heterocycles. The molecule has 1 heterocycles. The standard InChI is InChI=1S/C8H14N2O3/c1-6(2)13-4-3-10-5-7(11)9-8(10)12/h6H,3-5H2,1-2H3,(H,9,11,12). The molecule has 0 aromatic carbocycles. The van der Waals surface area contributed by atoms with Crippen molar-refractivity contribution in [3.8, 4) is 0 Å². The van der Waals surface area contributed by atoms with E-state index >= 15 is 0 Å². The van der Waals surface area contributed by atoms with Gasteiger partial charge >= 0.3 is 6.03 Å². The number of imide groups is 1. The third-order valence-corrected chi connectivity index (χ3v) is 1.68. The summed E-state index contributed by atoms with van der Waals surface area (Å²) in [5.41, 5.74) is 0. The molecule has 0 aromatic rings. The second-order valence-corrected chi connectivity index (χ2v) is 3.19. The van der Waals surface area contributed by atoms with Gasteiger partial charge in [0.2, 0.25) is 5.91 Å². The van der Waals surface area contributed by atoms with E-state index in [4.69, 9.17) is 4.74 Å². The maximum atomic E-state index is 11.0. The van der Waals surface area contributed by atoms with Crippen molar-refractivity contribution in [3.63, 3.8) is 0 Å². The number of nitrogens with one attached hydrogen (secondary N) is 1. The maximum Gasteiger partial charge on any atom is 0.324 e. The summed E-state index contributed by atoms with van der Waals surface area (Å²) in [6, 6.07) is -0.322. The molecule has 3 amide bonds. The van der Waals surface area contributed by atoms with Crippen molar-refractivity contribution in [1.29, 1.82) is 0 Å². The lowest BCUT2D eigenvalue weighted by atomic mass is 10.5. The van der Waals surface area contributed by atoms with E-state index in [1.807, 2.05) is 13.8 Å². The normalized spacial score (nSPS) is 17.0. The highest BCUT2D eigenvalue weighted by molar-refractivity contribution is 6.01. The van der Waals surface area contributed by atoms with Crippen LogP contribution in [0.25, 0.3) is 0 Å². The van der Waals surface area contributed by atoms with Crippen molar-refractivity contribution in [1.82, 2.24) is 10.2 Å². The summed E-state index contributed by atoms with van der Waals surface area (Å²) in [7, 11) is 0. The number of carbonyl (C=O) groups excluding carboxylic acids is 2. The summed E-state index contributed by atoms with van der Waals surface area (Å²) in [6.45, 7) is 4.94. The van der Waals surface area contributed by atoms with Crippen molar-refractivity contribution in [2.45, 2.75) is 20.0 Å². The highest BCUT2D eigenvalue weighted by Crippen LogP contribution is 1.98. The fraction of sp³-hybridized carbons (Fsp3) is 0.750. The predicted octanol–water partition coefficient (Wildman–Crippen LogP) is -0.0368. The number of hydrogen-bond acceptors (Lipinski definition) is 3. The third kappa shape index (κ3) is 3.02. The van der Waals surface area contributed by atoms with Gasteiger partial charge in [0.15, 0.2) is 0 Å². The average molecular weight is 186 g/mol. The Labute approximate surface area is 77.0 Å². The van der Waals surface area contributed by atoms with Crippen molar-refractivity contribution >= 4 is 11.9 Å². The first-order chi connectivity index (χ1) is 6.09. The van der Waals surface area contributed by atoms with Gasteiger partial charge in [-0.15, -0.1) is 0 Å². The Balaban J connectivity index is 2.22. The van der Waals surface area contributed by atoms with Crippen molar-refractivity contribution < 1.29 is 14.3 Å². The molecule has 1 N–H and O–H groups in total. The number of ether oxygens (including phenoxy) is 1. The van der Waals surface area contributed by atoms with Gasteiger partial charge in [0.25, 0.3) is 0 Å². The van der Waals surface area contributed by atoms with E-state index in [1.165, 1.54) is 4.90 Å². The molecule has 0 atom stereocenters. The van der Waals surface area contributed by atoms with E-state index in [1.54, 1.807) is 0 Å². The van der Waals surface area contributed by atoms with E-state index in [-0.39, 0.29) is 24.6 Å². The van der Waals surface area contributed by atoms with E-state index in [9.17, 15) is 9.59 Å². The van der Waals surface area contributed by atoms with Crippen LogP contribution in [0.1, 0.15) is 13.8 Å². The molecule has 1 rings (SSSR count). The Kier molecular flexibility index (Phi) is 3.25. The summed E-state index contributed by atoms with van der Waals surface area (Å²) in [6.07, 6.45) is 0.154. The van der Waals surface area contributed by atoms with Gasteiger partial charge in [-0.05, 0) is 13.8 Å². The topological polar surface area (TPSA) is 58.6 Å². The van der Waals surface area contributed by atoms with Crippen molar-refractivity contribution in [3.05, 3.63) is 0 Å². The highest BCUT2D eigenvalue weighted by atomic mass is 16.5. The van der Waals surface area contributed by atoms with E-state index < -0.39 is 0 Å². The average Bonchev–Trinajstić information content (AvgIpc) is 2.29. The van der Waals surface area contributed by atoms with Crippen molar-refractivity contribution in [2.24, 2.45) is 0 Å². The molecule has 74 valence electrons. The van der Waals surface area contributed by atoms with Crippen LogP contribution < -0.4 is 5.32 Å². The fourth-order valence-corrected chi connectivity index (χ4v) is 1.06. The van der Waals surface area contributed by atoms with Crippen molar-refractivity contribution in [2.75, 3.05) is 19.7 Å². The van der Waals surface area contributed by atoms with Crippen LogP contribution in [-0.4, -0.2) is 42.6 Å².